The number of benzene rings is 1. The minimum absolute atomic E-state index is 0.205. The largest absolute Gasteiger partial charge is 0.399 e. The van der Waals surface area contributed by atoms with Crippen molar-refractivity contribution in [2.24, 2.45) is 5.92 Å². The molecule has 0 radical (unpaired) electrons. The Kier molecular flexibility index (Phi) is 2.80. The van der Waals surface area contributed by atoms with Gasteiger partial charge in [0.2, 0.25) is 0 Å². The zero-order valence-corrected chi connectivity index (χ0v) is 9.04. The van der Waals surface area contributed by atoms with Crippen LogP contribution in [0.25, 0.3) is 0 Å². The standard InChI is InChI=1S/C12H17FN2/c1-9-3-2-6-15(8-9)12-5-4-10(14)7-11(12)13/h4-5,7,9H,2-3,6,8,14H2,1H3/t9-/m1/s1. The van der Waals surface area contributed by atoms with Crippen LogP contribution in [-0.2, 0) is 0 Å². The second-order valence-electron chi connectivity index (χ2n) is 4.40. The number of halogens is 1. The Balaban J connectivity index is 2.21. The molecule has 82 valence electrons. The third-order valence-corrected chi connectivity index (χ3v) is 2.97. The van der Waals surface area contributed by atoms with Crippen molar-refractivity contribution in [3.63, 3.8) is 0 Å². The fourth-order valence-electron chi connectivity index (χ4n) is 2.19. The van der Waals surface area contributed by atoms with Crippen molar-refractivity contribution in [2.75, 3.05) is 23.7 Å². The number of anilines is 2. The van der Waals surface area contributed by atoms with Gasteiger partial charge >= 0.3 is 0 Å². The molecule has 0 aromatic heterocycles. The summed E-state index contributed by atoms with van der Waals surface area (Å²) in [6.07, 6.45) is 2.39. The molecule has 2 nitrogen and oxygen atoms in total. The first-order valence-corrected chi connectivity index (χ1v) is 5.47. The molecule has 1 atom stereocenters. The first-order valence-electron chi connectivity index (χ1n) is 5.47. The van der Waals surface area contributed by atoms with Gasteiger partial charge in [-0.25, -0.2) is 4.39 Å². The van der Waals surface area contributed by atoms with Gasteiger partial charge in [-0.15, -0.1) is 0 Å². The fourth-order valence-corrected chi connectivity index (χ4v) is 2.19. The lowest BCUT2D eigenvalue weighted by atomic mass is 10.00. The lowest BCUT2D eigenvalue weighted by Gasteiger charge is -2.33. The van der Waals surface area contributed by atoms with E-state index in [1.54, 1.807) is 12.1 Å². The molecule has 0 saturated carbocycles. The summed E-state index contributed by atoms with van der Waals surface area (Å²) in [6, 6.07) is 4.94. The Morgan fingerprint density at radius 2 is 2.27 bits per heavy atom. The van der Waals surface area contributed by atoms with Crippen LogP contribution in [0.1, 0.15) is 19.8 Å². The predicted molar refractivity (Wildman–Crippen MR) is 61.4 cm³/mol. The SMILES string of the molecule is C[C@@H]1CCCN(c2ccc(N)cc2F)C1. The van der Waals surface area contributed by atoms with Gasteiger partial charge in [-0.05, 0) is 37.0 Å². The van der Waals surface area contributed by atoms with Crippen LogP contribution in [0.3, 0.4) is 0 Å². The number of piperidine rings is 1. The maximum absolute atomic E-state index is 13.6. The quantitative estimate of drug-likeness (QED) is 0.719. The van der Waals surface area contributed by atoms with E-state index in [0.717, 1.165) is 19.5 Å². The highest BCUT2D eigenvalue weighted by Crippen LogP contribution is 2.26. The Morgan fingerprint density at radius 3 is 2.93 bits per heavy atom. The van der Waals surface area contributed by atoms with Crippen LogP contribution in [0, 0.1) is 11.7 Å². The van der Waals surface area contributed by atoms with E-state index in [4.69, 9.17) is 5.73 Å². The normalized spacial score (nSPS) is 21.7. The Morgan fingerprint density at radius 1 is 1.47 bits per heavy atom. The van der Waals surface area contributed by atoms with E-state index in [1.165, 1.54) is 12.5 Å². The maximum Gasteiger partial charge on any atom is 0.148 e. The van der Waals surface area contributed by atoms with Crippen molar-refractivity contribution in [1.29, 1.82) is 0 Å². The average Bonchev–Trinajstić information content (AvgIpc) is 2.17. The number of nitrogens with zero attached hydrogens (tertiary/aromatic N) is 1. The van der Waals surface area contributed by atoms with Crippen molar-refractivity contribution in [2.45, 2.75) is 19.8 Å². The van der Waals surface area contributed by atoms with Crippen LogP contribution in [0.15, 0.2) is 18.2 Å². The highest BCUT2D eigenvalue weighted by molar-refractivity contribution is 5.54. The summed E-state index contributed by atoms with van der Waals surface area (Å²) < 4.78 is 13.6. The molecular weight excluding hydrogens is 191 g/mol. The molecule has 0 amide bonds. The van der Waals surface area contributed by atoms with E-state index >= 15 is 0 Å². The summed E-state index contributed by atoms with van der Waals surface area (Å²) in [4.78, 5) is 2.11. The summed E-state index contributed by atoms with van der Waals surface area (Å²) in [5, 5.41) is 0. The maximum atomic E-state index is 13.6. The zero-order chi connectivity index (χ0) is 10.8. The number of nitrogen functional groups attached to an aromatic ring is 1. The molecule has 1 aliphatic heterocycles. The molecule has 0 unspecified atom stereocenters. The van der Waals surface area contributed by atoms with E-state index < -0.39 is 0 Å². The number of nitrogens with two attached hydrogens (primary N) is 1. The lowest BCUT2D eigenvalue weighted by Crippen LogP contribution is -2.34. The molecule has 1 aromatic carbocycles. The van der Waals surface area contributed by atoms with Gasteiger partial charge in [0.05, 0.1) is 5.69 Å². The molecule has 0 spiro atoms. The third kappa shape index (κ3) is 2.22. The average molecular weight is 208 g/mol. The van der Waals surface area contributed by atoms with E-state index in [-0.39, 0.29) is 5.82 Å². The predicted octanol–water partition coefficient (Wildman–Crippen LogP) is 2.64. The van der Waals surface area contributed by atoms with Gasteiger partial charge in [0.1, 0.15) is 5.82 Å². The molecule has 2 rings (SSSR count). The second kappa shape index (κ2) is 4.09. The first kappa shape index (κ1) is 10.3. The fraction of sp³-hybridized carbons (Fsp3) is 0.500. The Bertz CT molecular complexity index is 351. The van der Waals surface area contributed by atoms with Crippen molar-refractivity contribution in [3.8, 4) is 0 Å². The smallest absolute Gasteiger partial charge is 0.148 e. The van der Waals surface area contributed by atoms with Gasteiger partial charge < -0.3 is 10.6 Å². The van der Waals surface area contributed by atoms with Crippen LogP contribution in [0.4, 0.5) is 15.8 Å². The Hall–Kier alpha value is -1.25. The monoisotopic (exact) mass is 208 g/mol. The van der Waals surface area contributed by atoms with Crippen molar-refractivity contribution < 1.29 is 4.39 Å². The molecule has 2 N–H and O–H groups in total. The summed E-state index contributed by atoms with van der Waals surface area (Å²) in [5.41, 5.74) is 6.70. The van der Waals surface area contributed by atoms with Crippen LogP contribution >= 0.6 is 0 Å². The summed E-state index contributed by atoms with van der Waals surface area (Å²) >= 11 is 0. The lowest BCUT2D eigenvalue weighted by molar-refractivity contribution is 0.442. The van der Waals surface area contributed by atoms with E-state index in [0.29, 0.717) is 17.3 Å². The highest BCUT2D eigenvalue weighted by Gasteiger charge is 2.18. The van der Waals surface area contributed by atoms with Crippen LogP contribution < -0.4 is 10.6 Å². The van der Waals surface area contributed by atoms with Crippen molar-refractivity contribution >= 4 is 11.4 Å². The highest BCUT2D eigenvalue weighted by atomic mass is 19.1. The van der Waals surface area contributed by atoms with Crippen LogP contribution in [-0.4, -0.2) is 13.1 Å². The molecule has 0 bridgehead atoms. The topological polar surface area (TPSA) is 29.3 Å². The van der Waals surface area contributed by atoms with E-state index in [9.17, 15) is 4.39 Å². The molecule has 0 aliphatic carbocycles. The molecule has 3 heteroatoms. The molecule has 1 aromatic rings. The second-order valence-corrected chi connectivity index (χ2v) is 4.40. The number of rotatable bonds is 1. The first-order chi connectivity index (χ1) is 7.16. The van der Waals surface area contributed by atoms with Gasteiger partial charge in [0.25, 0.3) is 0 Å². The molecule has 15 heavy (non-hydrogen) atoms. The summed E-state index contributed by atoms with van der Waals surface area (Å²) in [7, 11) is 0. The molecule has 1 heterocycles. The van der Waals surface area contributed by atoms with Crippen molar-refractivity contribution in [1.82, 2.24) is 0 Å². The summed E-state index contributed by atoms with van der Waals surface area (Å²) in [6.45, 7) is 4.10. The van der Waals surface area contributed by atoms with Crippen LogP contribution in [0.5, 0.6) is 0 Å². The molecule has 1 fully saturated rings. The van der Waals surface area contributed by atoms with Gasteiger partial charge in [0, 0.05) is 18.8 Å². The van der Waals surface area contributed by atoms with Crippen LogP contribution in [0.2, 0.25) is 0 Å². The van der Waals surface area contributed by atoms with Gasteiger partial charge in [0.15, 0.2) is 0 Å². The summed E-state index contributed by atoms with van der Waals surface area (Å²) in [5.74, 6) is 0.444. The van der Waals surface area contributed by atoms with E-state index in [1.807, 2.05) is 0 Å². The molecular formula is C12H17FN2. The minimum Gasteiger partial charge on any atom is -0.399 e. The van der Waals surface area contributed by atoms with Gasteiger partial charge in [-0.1, -0.05) is 6.92 Å². The minimum atomic E-state index is -0.205. The van der Waals surface area contributed by atoms with Crippen molar-refractivity contribution in [3.05, 3.63) is 24.0 Å². The van der Waals surface area contributed by atoms with E-state index in [2.05, 4.69) is 11.8 Å². The van der Waals surface area contributed by atoms with Gasteiger partial charge in [-0.2, -0.15) is 0 Å². The Labute approximate surface area is 89.9 Å². The zero-order valence-electron chi connectivity index (χ0n) is 9.04. The number of hydrogen-bond acceptors (Lipinski definition) is 2. The number of hydrogen-bond donors (Lipinski definition) is 1. The molecule has 1 saturated heterocycles. The third-order valence-electron chi connectivity index (χ3n) is 2.97. The molecule has 1 aliphatic rings. The van der Waals surface area contributed by atoms with Gasteiger partial charge in [-0.3, -0.25) is 0 Å².